The predicted octanol–water partition coefficient (Wildman–Crippen LogP) is 2.11. The van der Waals surface area contributed by atoms with Crippen molar-refractivity contribution in [2.45, 2.75) is 0 Å². The van der Waals surface area contributed by atoms with E-state index < -0.39 is 0 Å². The number of hydrogen-bond acceptors (Lipinski definition) is 2. The Kier molecular flexibility index (Phi) is 8.12. The topological polar surface area (TPSA) is 62.7 Å². The summed E-state index contributed by atoms with van der Waals surface area (Å²) in [5.41, 5.74) is 13.2. The van der Waals surface area contributed by atoms with Crippen LogP contribution in [0.25, 0.3) is 5.73 Å². The van der Waals surface area contributed by atoms with Gasteiger partial charge in [0, 0.05) is 58.9 Å². The fourth-order valence-corrected chi connectivity index (χ4v) is 0.772. The minimum Gasteiger partial charge on any atom is -0.697 e. The predicted molar refractivity (Wildman–Crippen MR) is 40.3 cm³/mol. The van der Waals surface area contributed by atoms with E-state index in [2.05, 4.69) is 20.9 Å². The zero-order valence-corrected chi connectivity index (χ0v) is 13.1. The Balaban J connectivity index is 0. The van der Waals surface area contributed by atoms with Crippen LogP contribution in [0.4, 0.5) is 11.4 Å². The van der Waals surface area contributed by atoms with Crippen LogP contribution in [0.3, 0.4) is 0 Å². The first kappa shape index (κ1) is 14.3. The maximum Gasteiger partial charge on any atom is 0.104 e. The summed E-state index contributed by atoms with van der Waals surface area (Å²) in [7, 11) is 0. The second kappa shape index (κ2) is 6.26. The van der Waals surface area contributed by atoms with E-state index in [4.69, 9.17) is 11.5 Å². The standard InChI is InChI=1S/C5H5BrN3.Am.Y/c6-5-1-3(7)4(8)2-9-5;;/h1-2H,8H2,(H-,7,9);;/q-1;;. The van der Waals surface area contributed by atoms with Gasteiger partial charge >= 0.3 is 0 Å². The molecule has 11 heavy (non-hydrogen) atoms. The number of nitrogens with zero attached hydrogens (tertiary/aromatic N) is 1. The van der Waals surface area contributed by atoms with Gasteiger partial charge in [0.25, 0.3) is 0 Å². The third-order valence-electron chi connectivity index (χ3n) is 0.901. The van der Waals surface area contributed by atoms with E-state index in [0.717, 1.165) is 0 Å². The van der Waals surface area contributed by atoms with Crippen molar-refractivity contribution in [3.63, 3.8) is 0 Å². The molecule has 0 saturated heterocycles. The SMILES string of the molecule is [Am].[NH-]c1cc(Br)ncc1N.[Y]. The van der Waals surface area contributed by atoms with E-state index in [1.54, 1.807) is 6.07 Å². The van der Waals surface area contributed by atoms with E-state index in [1.807, 2.05) is 0 Å². The van der Waals surface area contributed by atoms with Gasteiger partial charge in [0.1, 0.15) is 4.60 Å². The smallest absolute Gasteiger partial charge is 0.104 e. The molecular formula is C5H5AmBrN3Y-. The molecule has 3 N–H and O–H groups in total. The van der Waals surface area contributed by atoms with Crippen LogP contribution in [-0.2, 0) is 32.7 Å². The summed E-state index contributed by atoms with van der Waals surface area (Å²) in [6.07, 6.45) is 1.45. The average molecular weight is 519 g/mol. The first-order chi connectivity index (χ1) is 4.20. The van der Waals surface area contributed by atoms with Crippen LogP contribution in [0, 0.1) is 14.3 Å². The van der Waals surface area contributed by atoms with Gasteiger partial charge < -0.3 is 11.5 Å². The number of nitrogens with two attached hydrogens (primary N) is 1. The molecule has 0 fully saturated rings. The number of nitrogens with one attached hydrogen (secondary N) is 1. The van der Waals surface area contributed by atoms with Gasteiger partial charge in [-0.1, -0.05) is 0 Å². The van der Waals surface area contributed by atoms with Crippen LogP contribution in [0.2, 0.25) is 0 Å². The van der Waals surface area contributed by atoms with Crippen molar-refractivity contribution in [2.75, 3.05) is 5.73 Å². The van der Waals surface area contributed by atoms with Crippen LogP contribution in [0.15, 0.2) is 16.9 Å². The Morgan fingerprint density at radius 1 is 1.55 bits per heavy atom. The van der Waals surface area contributed by atoms with Crippen molar-refractivity contribution in [2.24, 2.45) is 0 Å². The summed E-state index contributed by atoms with van der Waals surface area (Å²) >= 11 is 3.11. The van der Waals surface area contributed by atoms with Gasteiger partial charge in [0.05, 0.1) is 0 Å². The molecule has 1 heterocycles. The molecule has 3 nitrogen and oxygen atoms in total. The molecule has 0 aliphatic heterocycles. The van der Waals surface area contributed by atoms with Crippen molar-refractivity contribution < 1.29 is 47.0 Å². The summed E-state index contributed by atoms with van der Waals surface area (Å²) in [5.74, 6) is 0. The van der Waals surface area contributed by atoms with E-state index in [1.165, 1.54) is 6.20 Å². The van der Waals surface area contributed by atoms with Crippen molar-refractivity contribution >= 4 is 27.3 Å². The second-order valence-electron chi connectivity index (χ2n) is 1.59. The van der Waals surface area contributed by atoms with Crippen molar-refractivity contribution in [1.82, 2.24) is 4.98 Å². The van der Waals surface area contributed by atoms with Crippen LogP contribution >= 0.6 is 15.9 Å². The van der Waals surface area contributed by atoms with E-state index in [-0.39, 0.29) is 47.0 Å². The fourth-order valence-electron chi connectivity index (χ4n) is 0.440. The van der Waals surface area contributed by atoms with E-state index >= 15 is 0 Å². The zero-order valence-electron chi connectivity index (χ0n) is 5.51. The normalized spacial score (nSPS) is 7.73. The number of halogens is 1. The molecule has 0 aliphatic rings. The quantitative estimate of drug-likeness (QED) is 0.535. The minimum atomic E-state index is 0. The van der Waals surface area contributed by atoms with Gasteiger partial charge in [0.2, 0.25) is 0 Å². The molecule has 0 bridgehead atoms. The molecule has 0 aromatic carbocycles. The van der Waals surface area contributed by atoms with Crippen molar-refractivity contribution in [1.29, 1.82) is 0 Å². The van der Waals surface area contributed by atoms with Gasteiger partial charge in [-0.2, -0.15) is 0 Å². The molecule has 6 heteroatoms. The van der Waals surface area contributed by atoms with Crippen LogP contribution in [0.5, 0.6) is 0 Å². The third-order valence-corrected chi connectivity index (χ3v) is 1.34. The molecule has 58 valence electrons. The molecule has 0 atom stereocenters. The number of aromatic nitrogens is 1. The number of pyridine rings is 1. The number of anilines is 1. The number of nitrogen functional groups attached to an aromatic ring is 1. The Morgan fingerprint density at radius 3 is 2.45 bits per heavy atom. The monoisotopic (exact) mass is 516 g/mol. The van der Waals surface area contributed by atoms with Gasteiger partial charge in [0.15, 0.2) is 0 Å². The summed E-state index contributed by atoms with van der Waals surface area (Å²) in [6.45, 7) is 0. The molecule has 0 saturated carbocycles. The minimum absolute atomic E-state index is 0. The van der Waals surface area contributed by atoms with Crippen LogP contribution in [0.1, 0.15) is 0 Å². The van der Waals surface area contributed by atoms with Gasteiger partial charge in [-0.15, -0.1) is 5.69 Å². The van der Waals surface area contributed by atoms with E-state index in [0.29, 0.717) is 16.0 Å². The fraction of sp³-hybridized carbons (Fsp3) is 0. The first-order valence-corrected chi connectivity index (χ1v) is 3.12. The maximum absolute atomic E-state index is 7.17. The molecule has 0 amide bonds. The molecule has 1 aromatic heterocycles. The molecule has 0 unspecified atom stereocenters. The van der Waals surface area contributed by atoms with Gasteiger partial charge in [-0.3, -0.25) is 0 Å². The Labute approximate surface area is 107 Å². The second-order valence-corrected chi connectivity index (χ2v) is 2.41. The van der Waals surface area contributed by atoms with E-state index in [9.17, 15) is 0 Å². The molecule has 0 spiro atoms. The zero-order chi connectivity index (χ0) is 6.85. The average Bonchev–Trinajstić information content (AvgIpc) is 1.80. The third kappa shape index (κ3) is 4.33. The number of hydrogen-bond donors (Lipinski definition) is 1. The van der Waals surface area contributed by atoms with Crippen LogP contribution in [-0.4, -0.2) is 4.98 Å². The summed E-state index contributed by atoms with van der Waals surface area (Å²) in [6, 6.07) is 1.55. The van der Waals surface area contributed by atoms with Gasteiger partial charge in [-0.25, -0.2) is 4.98 Å². The molecule has 1 rings (SSSR count). The summed E-state index contributed by atoms with van der Waals surface area (Å²) in [4.78, 5) is 3.81. The molecular weight excluding hydrogens is 514 g/mol. The Morgan fingerprint density at radius 2 is 2.09 bits per heavy atom. The van der Waals surface area contributed by atoms with Crippen LogP contribution < -0.4 is 5.73 Å². The van der Waals surface area contributed by atoms with Crippen molar-refractivity contribution in [3.8, 4) is 0 Å². The summed E-state index contributed by atoms with van der Waals surface area (Å²) < 4.78 is 0.640. The largest absolute Gasteiger partial charge is 0.697 e. The Bertz CT molecular complexity index is 233. The van der Waals surface area contributed by atoms with Gasteiger partial charge in [-0.05, 0) is 22.0 Å². The number of rotatable bonds is 0. The Hall–Kier alpha value is 0.724. The summed E-state index contributed by atoms with van der Waals surface area (Å²) in [5, 5.41) is 0. The maximum atomic E-state index is 7.17. The first-order valence-electron chi connectivity index (χ1n) is 2.33. The van der Waals surface area contributed by atoms with Crippen molar-refractivity contribution in [3.05, 3.63) is 22.6 Å². The molecule has 2 radical (unpaired) electrons. The molecule has 1 aromatic rings. The molecule has 0 aliphatic carbocycles.